The molecule has 4 aromatic rings. The fraction of sp³-hybridized carbons (Fsp3) is 0.273. The summed E-state index contributed by atoms with van der Waals surface area (Å²) in [5.74, 6) is 1.24. The average Bonchev–Trinajstić information content (AvgIpc) is 3.32. The molecule has 3 heterocycles. The average molecular weight is 438 g/mol. The van der Waals surface area contributed by atoms with E-state index in [0.29, 0.717) is 23.2 Å². The Bertz CT molecular complexity index is 1210. The van der Waals surface area contributed by atoms with Crippen LogP contribution in [0.15, 0.2) is 46.9 Å². The quantitative estimate of drug-likeness (QED) is 0.410. The standard InChI is InChI=1S/C22H23N5OS2/c1-14-9-10-29-19(14)12-26(4)20(28)18-8-6-5-7-17(18)13-30-22-24-21-23-15(2)11-16(3)27(21)25-22/h5-11H,12-13H2,1-4H3. The highest BCUT2D eigenvalue weighted by Crippen LogP contribution is 2.24. The molecule has 0 spiro atoms. The van der Waals surface area contributed by atoms with Gasteiger partial charge in [-0.15, -0.1) is 16.4 Å². The van der Waals surface area contributed by atoms with Crippen LogP contribution in [0.4, 0.5) is 0 Å². The first-order valence-electron chi connectivity index (χ1n) is 9.62. The Morgan fingerprint density at radius 2 is 1.97 bits per heavy atom. The van der Waals surface area contributed by atoms with E-state index in [1.165, 1.54) is 22.2 Å². The smallest absolute Gasteiger partial charge is 0.254 e. The highest BCUT2D eigenvalue weighted by atomic mass is 32.2. The summed E-state index contributed by atoms with van der Waals surface area (Å²) in [6, 6.07) is 11.8. The molecule has 8 heteroatoms. The maximum atomic E-state index is 13.1. The molecule has 0 saturated carbocycles. The number of amides is 1. The molecule has 0 radical (unpaired) electrons. The third-order valence-corrected chi connectivity index (χ3v) is 6.79. The summed E-state index contributed by atoms with van der Waals surface area (Å²) in [5.41, 5.74) is 4.83. The highest BCUT2D eigenvalue weighted by Gasteiger charge is 2.18. The van der Waals surface area contributed by atoms with E-state index in [-0.39, 0.29) is 5.91 Å². The van der Waals surface area contributed by atoms with Crippen molar-refractivity contribution in [2.75, 3.05) is 7.05 Å². The van der Waals surface area contributed by atoms with Crippen LogP contribution in [0, 0.1) is 20.8 Å². The van der Waals surface area contributed by atoms with Gasteiger partial charge in [0.15, 0.2) is 0 Å². The van der Waals surface area contributed by atoms with Gasteiger partial charge >= 0.3 is 0 Å². The summed E-state index contributed by atoms with van der Waals surface area (Å²) < 4.78 is 1.75. The summed E-state index contributed by atoms with van der Waals surface area (Å²) in [6.45, 7) is 6.63. The molecule has 154 valence electrons. The summed E-state index contributed by atoms with van der Waals surface area (Å²) in [6.07, 6.45) is 0. The van der Waals surface area contributed by atoms with Gasteiger partial charge in [0.05, 0.1) is 6.54 Å². The molecule has 1 aromatic carbocycles. The maximum Gasteiger partial charge on any atom is 0.254 e. The van der Waals surface area contributed by atoms with Crippen LogP contribution in [-0.2, 0) is 12.3 Å². The first-order valence-corrected chi connectivity index (χ1v) is 11.5. The Hall–Kier alpha value is -2.71. The molecule has 0 bridgehead atoms. The topological polar surface area (TPSA) is 63.4 Å². The predicted octanol–water partition coefficient (Wildman–Crippen LogP) is 4.68. The van der Waals surface area contributed by atoms with E-state index in [0.717, 1.165) is 22.5 Å². The van der Waals surface area contributed by atoms with Crippen LogP contribution in [-0.4, -0.2) is 37.4 Å². The van der Waals surface area contributed by atoms with Crippen molar-refractivity contribution in [1.29, 1.82) is 0 Å². The van der Waals surface area contributed by atoms with Crippen molar-refractivity contribution in [3.8, 4) is 0 Å². The number of aryl methyl sites for hydroxylation is 3. The number of fused-ring (bicyclic) bond motifs is 1. The maximum absolute atomic E-state index is 13.1. The Balaban J connectivity index is 1.51. The Labute approximate surface area is 184 Å². The molecule has 0 aliphatic rings. The number of thioether (sulfide) groups is 1. The molecule has 4 rings (SSSR count). The summed E-state index contributed by atoms with van der Waals surface area (Å²) in [5, 5.41) is 7.27. The van der Waals surface area contributed by atoms with Crippen LogP contribution in [0.25, 0.3) is 5.78 Å². The van der Waals surface area contributed by atoms with Gasteiger partial charge in [-0.3, -0.25) is 4.79 Å². The van der Waals surface area contributed by atoms with Gasteiger partial charge in [-0.25, -0.2) is 9.50 Å². The molecule has 0 aliphatic heterocycles. The zero-order chi connectivity index (χ0) is 21.3. The van der Waals surface area contributed by atoms with Crippen LogP contribution in [0.1, 0.15) is 37.7 Å². The molecule has 3 aromatic heterocycles. The van der Waals surface area contributed by atoms with Gasteiger partial charge in [0.2, 0.25) is 5.16 Å². The molecular weight excluding hydrogens is 414 g/mol. The van der Waals surface area contributed by atoms with E-state index < -0.39 is 0 Å². The van der Waals surface area contributed by atoms with Crippen molar-refractivity contribution in [2.45, 2.75) is 38.2 Å². The summed E-state index contributed by atoms with van der Waals surface area (Å²) >= 11 is 3.20. The Kier molecular flexibility index (Phi) is 5.87. The fourth-order valence-electron chi connectivity index (χ4n) is 3.27. The fourth-order valence-corrected chi connectivity index (χ4v) is 5.05. The molecule has 1 amide bonds. The van der Waals surface area contributed by atoms with Crippen molar-refractivity contribution in [3.63, 3.8) is 0 Å². The third kappa shape index (κ3) is 4.24. The van der Waals surface area contributed by atoms with Gasteiger partial charge in [0.1, 0.15) is 0 Å². The predicted molar refractivity (Wildman–Crippen MR) is 121 cm³/mol. The van der Waals surface area contributed by atoms with Crippen molar-refractivity contribution in [2.24, 2.45) is 0 Å². The van der Waals surface area contributed by atoms with Crippen LogP contribution in [0.3, 0.4) is 0 Å². The normalized spacial score (nSPS) is 11.2. The van der Waals surface area contributed by atoms with E-state index in [2.05, 4.69) is 33.4 Å². The first-order chi connectivity index (χ1) is 14.4. The second-order valence-corrected chi connectivity index (χ2v) is 9.22. The molecular formula is C22H23N5OS2. The lowest BCUT2D eigenvalue weighted by Crippen LogP contribution is -2.27. The number of thiophene rings is 1. The number of hydrogen-bond donors (Lipinski definition) is 0. The highest BCUT2D eigenvalue weighted by molar-refractivity contribution is 7.98. The van der Waals surface area contributed by atoms with E-state index in [9.17, 15) is 4.79 Å². The summed E-state index contributed by atoms with van der Waals surface area (Å²) in [4.78, 5) is 25.1. The monoisotopic (exact) mass is 437 g/mol. The van der Waals surface area contributed by atoms with Gasteiger partial charge in [-0.05, 0) is 55.5 Å². The van der Waals surface area contributed by atoms with Crippen LogP contribution in [0.5, 0.6) is 0 Å². The van der Waals surface area contributed by atoms with E-state index >= 15 is 0 Å². The van der Waals surface area contributed by atoms with Crippen molar-refractivity contribution in [3.05, 3.63) is 74.7 Å². The Morgan fingerprint density at radius 1 is 1.17 bits per heavy atom. The number of carbonyl (C=O) groups is 1. The van der Waals surface area contributed by atoms with Gasteiger partial charge in [0.25, 0.3) is 11.7 Å². The third-order valence-electron chi connectivity index (χ3n) is 4.90. The molecule has 0 atom stereocenters. The lowest BCUT2D eigenvalue weighted by molar-refractivity contribution is 0.0785. The minimum absolute atomic E-state index is 0.0232. The van der Waals surface area contributed by atoms with Crippen molar-refractivity contribution < 1.29 is 4.79 Å². The molecule has 0 unspecified atom stereocenters. The molecule has 0 N–H and O–H groups in total. The molecule has 0 fully saturated rings. The lowest BCUT2D eigenvalue weighted by atomic mass is 10.1. The lowest BCUT2D eigenvalue weighted by Gasteiger charge is -2.18. The molecule has 0 aliphatic carbocycles. The molecule has 6 nitrogen and oxygen atoms in total. The van der Waals surface area contributed by atoms with Crippen LogP contribution >= 0.6 is 23.1 Å². The van der Waals surface area contributed by atoms with Gasteiger partial charge in [-0.1, -0.05) is 30.0 Å². The zero-order valence-corrected chi connectivity index (χ0v) is 19.0. The van der Waals surface area contributed by atoms with Crippen molar-refractivity contribution >= 4 is 34.8 Å². The minimum atomic E-state index is 0.0232. The number of hydrogen-bond acceptors (Lipinski definition) is 6. The zero-order valence-electron chi connectivity index (χ0n) is 17.4. The summed E-state index contributed by atoms with van der Waals surface area (Å²) in [7, 11) is 1.85. The van der Waals surface area contributed by atoms with Gasteiger partial charge < -0.3 is 4.90 Å². The number of benzene rings is 1. The van der Waals surface area contributed by atoms with Crippen molar-refractivity contribution in [1.82, 2.24) is 24.5 Å². The molecule has 30 heavy (non-hydrogen) atoms. The first kappa shape index (κ1) is 20.6. The second-order valence-electron chi connectivity index (χ2n) is 7.28. The minimum Gasteiger partial charge on any atom is -0.337 e. The Morgan fingerprint density at radius 3 is 2.73 bits per heavy atom. The van der Waals surface area contributed by atoms with Crippen LogP contribution in [0.2, 0.25) is 0 Å². The second kappa shape index (κ2) is 8.57. The van der Waals surface area contributed by atoms with E-state index in [1.807, 2.05) is 51.2 Å². The number of nitrogens with zero attached hydrogens (tertiary/aromatic N) is 5. The largest absolute Gasteiger partial charge is 0.337 e. The van der Waals surface area contributed by atoms with E-state index in [1.54, 1.807) is 20.8 Å². The van der Waals surface area contributed by atoms with Gasteiger partial charge in [-0.2, -0.15) is 4.98 Å². The van der Waals surface area contributed by atoms with E-state index in [4.69, 9.17) is 0 Å². The number of aromatic nitrogens is 4. The number of rotatable bonds is 6. The van der Waals surface area contributed by atoms with Crippen LogP contribution < -0.4 is 0 Å². The molecule has 0 saturated heterocycles. The SMILES string of the molecule is Cc1cc(C)n2nc(SCc3ccccc3C(=O)N(C)Cc3sccc3C)nc2n1. The van der Waals surface area contributed by atoms with Gasteiger partial charge in [0, 0.05) is 34.6 Å². The number of carbonyl (C=O) groups excluding carboxylic acids is 1.